The molecule has 0 heterocycles. The van der Waals surface area contributed by atoms with Crippen LogP contribution in [0.5, 0.6) is 0 Å². The molecule has 0 radical (unpaired) electrons. The molecule has 0 aliphatic rings. The highest BCUT2D eigenvalue weighted by Gasteiger charge is 1.97. The van der Waals surface area contributed by atoms with E-state index in [1.54, 1.807) is 7.05 Å². The molecule has 8 nitrogen and oxygen atoms in total. The molecule has 0 bridgehead atoms. The van der Waals surface area contributed by atoms with Crippen LogP contribution in [0, 0.1) is 12.3 Å². The van der Waals surface area contributed by atoms with E-state index in [1.165, 1.54) is 0 Å². The third-order valence-electron chi connectivity index (χ3n) is 2.80. The van der Waals surface area contributed by atoms with E-state index in [1.807, 2.05) is 0 Å². The molecule has 0 atom stereocenters. The van der Waals surface area contributed by atoms with Crippen molar-refractivity contribution in [3.8, 4) is 12.3 Å². The first kappa shape index (κ1) is 23.8. The van der Waals surface area contributed by atoms with Crippen LogP contribution in [0.15, 0.2) is 0 Å². The van der Waals surface area contributed by atoms with Crippen LogP contribution in [0.2, 0.25) is 0 Å². The summed E-state index contributed by atoms with van der Waals surface area (Å²) in [6.07, 6.45) is 5.41. The van der Waals surface area contributed by atoms with Crippen LogP contribution in [-0.2, 0) is 33.2 Å². The molecule has 0 saturated carbocycles. The van der Waals surface area contributed by atoms with Crippen molar-refractivity contribution in [3.63, 3.8) is 0 Å². The van der Waals surface area contributed by atoms with Gasteiger partial charge in [-0.15, -0.1) is 6.42 Å². The first-order valence-corrected chi connectivity index (χ1v) is 8.41. The Bertz CT molecular complexity index is 333. The fourth-order valence-corrected chi connectivity index (χ4v) is 1.52. The summed E-state index contributed by atoms with van der Waals surface area (Å²) in [7, 11) is 1.60. The average Bonchev–Trinajstić information content (AvgIpc) is 2.63. The Hall–Kier alpha value is -1.21. The topological polar surface area (TPSA) is 84.5 Å². The zero-order valence-corrected chi connectivity index (χ0v) is 15.1. The van der Waals surface area contributed by atoms with E-state index in [0.29, 0.717) is 85.7 Å². The molecular formula is C17H31NO7. The molecule has 0 unspecified atom stereocenters. The summed E-state index contributed by atoms with van der Waals surface area (Å²) in [6.45, 7) is 5.72. The Labute approximate surface area is 150 Å². The first-order chi connectivity index (χ1) is 12.3. The van der Waals surface area contributed by atoms with Crippen molar-refractivity contribution in [2.75, 3.05) is 86.3 Å². The van der Waals surface area contributed by atoms with Gasteiger partial charge in [0.2, 0.25) is 5.91 Å². The second-order valence-corrected chi connectivity index (χ2v) is 4.74. The van der Waals surface area contributed by atoms with E-state index in [-0.39, 0.29) is 5.91 Å². The van der Waals surface area contributed by atoms with Crippen LogP contribution in [0.1, 0.15) is 6.42 Å². The zero-order valence-electron chi connectivity index (χ0n) is 15.1. The average molecular weight is 361 g/mol. The van der Waals surface area contributed by atoms with Gasteiger partial charge in [-0.3, -0.25) is 4.79 Å². The molecule has 0 aromatic heterocycles. The lowest BCUT2D eigenvalue weighted by Gasteiger charge is -2.08. The largest absolute Gasteiger partial charge is 0.379 e. The van der Waals surface area contributed by atoms with Gasteiger partial charge in [0.05, 0.1) is 72.7 Å². The maximum Gasteiger partial charge on any atom is 0.222 e. The van der Waals surface area contributed by atoms with Gasteiger partial charge in [-0.25, -0.2) is 0 Å². The molecule has 0 saturated heterocycles. The Morgan fingerprint density at radius 2 is 1.08 bits per heavy atom. The van der Waals surface area contributed by atoms with Gasteiger partial charge in [-0.05, 0) is 0 Å². The predicted molar refractivity (Wildman–Crippen MR) is 92.4 cm³/mol. The van der Waals surface area contributed by atoms with E-state index in [9.17, 15) is 4.79 Å². The molecule has 1 amide bonds. The highest BCUT2D eigenvalue weighted by Crippen LogP contribution is 1.86. The van der Waals surface area contributed by atoms with Crippen molar-refractivity contribution in [2.45, 2.75) is 6.42 Å². The highest BCUT2D eigenvalue weighted by molar-refractivity contribution is 5.75. The normalized spacial score (nSPS) is 10.6. The smallest absolute Gasteiger partial charge is 0.222 e. The van der Waals surface area contributed by atoms with Crippen molar-refractivity contribution < 1.29 is 33.2 Å². The molecule has 0 aliphatic heterocycles. The Balaban J connectivity index is 3.01. The summed E-state index contributed by atoms with van der Waals surface area (Å²) in [4.78, 5) is 10.9. The molecule has 1 N–H and O–H groups in total. The number of hydrogen-bond acceptors (Lipinski definition) is 7. The SMILES string of the molecule is C#CCOCCOCCOCCOCCOCCOCCC(=O)NC. The maximum atomic E-state index is 10.9. The number of carbonyl (C=O) groups is 1. The third-order valence-corrected chi connectivity index (χ3v) is 2.80. The van der Waals surface area contributed by atoms with Crippen LogP contribution in [0.3, 0.4) is 0 Å². The second-order valence-electron chi connectivity index (χ2n) is 4.74. The van der Waals surface area contributed by atoms with E-state index < -0.39 is 0 Å². The highest BCUT2D eigenvalue weighted by atomic mass is 16.6. The van der Waals surface area contributed by atoms with Crippen molar-refractivity contribution in [3.05, 3.63) is 0 Å². The van der Waals surface area contributed by atoms with E-state index in [4.69, 9.17) is 34.8 Å². The minimum absolute atomic E-state index is 0.0304. The molecular weight excluding hydrogens is 330 g/mol. The number of carbonyl (C=O) groups excluding carboxylic acids is 1. The molecule has 8 heteroatoms. The van der Waals surface area contributed by atoms with Crippen LogP contribution in [-0.4, -0.2) is 92.2 Å². The monoisotopic (exact) mass is 361 g/mol. The summed E-state index contributed by atoms with van der Waals surface area (Å²) in [5.74, 6) is 2.35. The number of nitrogens with one attached hydrogen (secondary N) is 1. The molecule has 146 valence electrons. The Morgan fingerprint density at radius 1 is 0.720 bits per heavy atom. The quantitative estimate of drug-likeness (QED) is 0.253. The van der Waals surface area contributed by atoms with Crippen molar-refractivity contribution >= 4 is 5.91 Å². The summed E-state index contributed by atoms with van der Waals surface area (Å²) < 4.78 is 31.6. The summed E-state index contributed by atoms with van der Waals surface area (Å²) in [6, 6.07) is 0. The van der Waals surface area contributed by atoms with Crippen LogP contribution in [0.4, 0.5) is 0 Å². The van der Waals surface area contributed by atoms with Gasteiger partial charge in [-0.1, -0.05) is 5.92 Å². The fraction of sp³-hybridized carbons (Fsp3) is 0.824. The van der Waals surface area contributed by atoms with Gasteiger partial charge in [-0.2, -0.15) is 0 Å². The predicted octanol–water partition coefficient (Wildman–Crippen LogP) is -0.145. The van der Waals surface area contributed by atoms with Gasteiger partial charge < -0.3 is 33.7 Å². The Kier molecular flexibility index (Phi) is 19.8. The number of rotatable bonds is 19. The lowest BCUT2D eigenvalue weighted by molar-refractivity contribution is -0.121. The molecule has 0 rings (SSSR count). The summed E-state index contributed by atoms with van der Waals surface area (Å²) in [5.41, 5.74) is 0. The molecule has 0 aromatic rings. The van der Waals surface area contributed by atoms with Gasteiger partial charge in [0, 0.05) is 13.5 Å². The third kappa shape index (κ3) is 20.7. The standard InChI is InChI=1S/C17H31NO7/c1-3-5-20-7-9-22-11-13-24-15-16-25-14-12-23-10-8-21-6-4-17(19)18-2/h1H,4-16H2,2H3,(H,18,19). The van der Waals surface area contributed by atoms with E-state index in [2.05, 4.69) is 11.2 Å². The lowest BCUT2D eigenvalue weighted by Crippen LogP contribution is -2.20. The van der Waals surface area contributed by atoms with Gasteiger partial charge in [0.15, 0.2) is 0 Å². The van der Waals surface area contributed by atoms with Gasteiger partial charge >= 0.3 is 0 Å². The van der Waals surface area contributed by atoms with Crippen molar-refractivity contribution in [2.24, 2.45) is 0 Å². The van der Waals surface area contributed by atoms with Gasteiger partial charge in [0.1, 0.15) is 6.61 Å². The minimum atomic E-state index is -0.0304. The summed E-state index contributed by atoms with van der Waals surface area (Å²) in [5, 5.41) is 2.53. The summed E-state index contributed by atoms with van der Waals surface area (Å²) >= 11 is 0. The van der Waals surface area contributed by atoms with Crippen molar-refractivity contribution in [1.82, 2.24) is 5.32 Å². The molecule has 0 aliphatic carbocycles. The molecule has 0 aromatic carbocycles. The minimum Gasteiger partial charge on any atom is -0.379 e. The number of hydrogen-bond donors (Lipinski definition) is 1. The second kappa shape index (κ2) is 20.8. The molecule has 25 heavy (non-hydrogen) atoms. The first-order valence-electron chi connectivity index (χ1n) is 8.41. The number of terminal acetylenes is 1. The van der Waals surface area contributed by atoms with Gasteiger partial charge in [0.25, 0.3) is 0 Å². The molecule has 0 spiro atoms. The van der Waals surface area contributed by atoms with Crippen molar-refractivity contribution in [1.29, 1.82) is 0 Å². The number of amides is 1. The molecule has 0 fully saturated rings. The number of ether oxygens (including phenoxy) is 6. The maximum absolute atomic E-state index is 10.9. The lowest BCUT2D eigenvalue weighted by atomic mass is 10.4. The van der Waals surface area contributed by atoms with E-state index >= 15 is 0 Å². The van der Waals surface area contributed by atoms with Crippen LogP contribution < -0.4 is 5.32 Å². The zero-order chi connectivity index (χ0) is 18.4. The van der Waals surface area contributed by atoms with Crippen LogP contribution >= 0.6 is 0 Å². The van der Waals surface area contributed by atoms with Crippen LogP contribution in [0.25, 0.3) is 0 Å². The Morgan fingerprint density at radius 3 is 1.44 bits per heavy atom. The fourth-order valence-electron chi connectivity index (χ4n) is 1.52. The van der Waals surface area contributed by atoms with E-state index in [0.717, 1.165) is 0 Å².